The summed E-state index contributed by atoms with van der Waals surface area (Å²) in [6.45, 7) is 1.39. The van der Waals surface area contributed by atoms with E-state index in [1.54, 1.807) is 7.11 Å². The van der Waals surface area contributed by atoms with Crippen LogP contribution >= 0.6 is 12.4 Å². The van der Waals surface area contributed by atoms with Crippen LogP contribution in [0.5, 0.6) is 5.75 Å². The first-order valence-electron chi connectivity index (χ1n) is 6.36. The van der Waals surface area contributed by atoms with E-state index in [2.05, 4.69) is 5.32 Å². The Hall–Kier alpha value is -1.26. The summed E-state index contributed by atoms with van der Waals surface area (Å²) in [6, 6.07) is 7.78. The summed E-state index contributed by atoms with van der Waals surface area (Å²) in [5.74, 6) is 0.923. The van der Waals surface area contributed by atoms with Crippen molar-refractivity contribution in [3.05, 3.63) is 29.8 Å². The van der Waals surface area contributed by atoms with Gasteiger partial charge in [0.1, 0.15) is 5.75 Å². The molecule has 4 nitrogen and oxygen atoms in total. The summed E-state index contributed by atoms with van der Waals surface area (Å²) in [5, 5.41) is 2.89. The highest BCUT2D eigenvalue weighted by atomic mass is 35.5. The zero-order chi connectivity index (χ0) is 13.2. The third kappa shape index (κ3) is 7.03. The van der Waals surface area contributed by atoms with Gasteiger partial charge in [0.15, 0.2) is 0 Å². The Bertz CT molecular complexity index is 372. The maximum atomic E-state index is 11.6. The van der Waals surface area contributed by atoms with Gasteiger partial charge >= 0.3 is 0 Å². The van der Waals surface area contributed by atoms with Gasteiger partial charge in [-0.05, 0) is 37.4 Å². The van der Waals surface area contributed by atoms with Crippen LogP contribution in [0.15, 0.2) is 24.3 Å². The van der Waals surface area contributed by atoms with Crippen LogP contribution in [-0.4, -0.2) is 26.1 Å². The molecule has 0 saturated heterocycles. The number of unbranched alkanes of at least 4 members (excludes halogenated alkanes) is 1. The third-order valence-electron chi connectivity index (χ3n) is 2.77. The molecule has 1 aromatic carbocycles. The normalized spacial score (nSPS) is 9.58. The Kier molecular flexibility index (Phi) is 9.94. The molecular weight excluding hydrogens is 264 g/mol. The second-order valence-corrected chi connectivity index (χ2v) is 4.16. The number of carbonyl (C=O) groups excluding carboxylic acids is 1. The molecule has 0 spiro atoms. The fourth-order valence-electron chi connectivity index (χ4n) is 1.74. The molecule has 1 amide bonds. The van der Waals surface area contributed by atoms with E-state index >= 15 is 0 Å². The SMILES string of the molecule is COc1ccccc1CCC(=O)NCCCCN.Cl. The molecular formula is C14H23ClN2O2. The number of carbonyl (C=O) groups is 1. The van der Waals surface area contributed by atoms with Crippen LogP contribution in [0, 0.1) is 0 Å². The lowest BCUT2D eigenvalue weighted by atomic mass is 10.1. The van der Waals surface area contributed by atoms with Gasteiger partial charge in [0.2, 0.25) is 5.91 Å². The number of ether oxygens (including phenoxy) is 1. The van der Waals surface area contributed by atoms with Crippen LogP contribution in [0.3, 0.4) is 0 Å². The highest BCUT2D eigenvalue weighted by molar-refractivity contribution is 5.85. The van der Waals surface area contributed by atoms with Crippen LogP contribution in [0.2, 0.25) is 0 Å². The lowest BCUT2D eigenvalue weighted by Gasteiger charge is -2.08. The van der Waals surface area contributed by atoms with Crippen molar-refractivity contribution >= 4 is 18.3 Å². The first-order chi connectivity index (χ1) is 8.77. The minimum atomic E-state index is 0. The van der Waals surface area contributed by atoms with E-state index in [0.29, 0.717) is 25.9 Å². The molecule has 0 aliphatic rings. The van der Waals surface area contributed by atoms with Crippen LogP contribution < -0.4 is 15.8 Å². The minimum Gasteiger partial charge on any atom is -0.496 e. The zero-order valence-electron chi connectivity index (χ0n) is 11.4. The maximum Gasteiger partial charge on any atom is 0.220 e. The number of nitrogens with two attached hydrogens (primary N) is 1. The number of hydrogen-bond acceptors (Lipinski definition) is 3. The van der Waals surface area contributed by atoms with E-state index < -0.39 is 0 Å². The van der Waals surface area contributed by atoms with Crippen molar-refractivity contribution in [3.8, 4) is 5.75 Å². The Balaban J connectivity index is 0.00000324. The molecule has 0 saturated carbocycles. The molecule has 0 fully saturated rings. The molecule has 1 aromatic rings. The van der Waals surface area contributed by atoms with Gasteiger partial charge in [0, 0.05) is 13.0 Å². The van der Waals surface area contributed by atoms with E-state index in [1.165, 1.54) is 0 Å². The van der Waals surface area contributed by atoms with Crippen molar-refractivity contribution in [2.24, 2.45) is 5.73 Å². The maximum absolute atomic E-state index is 11.6. The van der Waals surface area contributed by atoms with Crippen LogP contribution in [-0.2, 0) is 11.2 Å². The molecule has 19 heavy (non-hydrogen) atoms. The average Bonchev–Trinajstić information content (AvgIpc) is 2.41. The molecule has 3 N–H and O–H groups in total. The number of aryl methyl sites for hydroxylation is 1. The van der Waals surface area contributed by atoms with Gasteiger partial charge in [-0.15, -0.1) is 12.4 Å². The van der Waals surface area contributed by atoms with Gasteiger partial charge in [-0.2, -0.15) is 0 Å². The predicted molar refractivity (Wildman–Crippen MR) is 79.9 cm³/mol. The first-order valence-corrected chi connectivity index (χ1v) is 6.36. The number of amides is 1. The van der Waals surface area contributed by atoms with Gasteiger partial charge in [-0.3, -0.25) is 4.79 Å². The van der Waals surface area contributed by atoms with Crippen LogP contribution in [0.25, 0.3) is 0 Å². The highest BCUT2D eigenvalue weighted by Gasteiger charge is 2.05. The summed E-state index contributed by atoms with van der Waals surface area (Å²) in [5.41, 5.74) is 6.45. The summed E-state index contributed by atoms with van der Waals surface area (Å²) < 4.78 is 5.25. The number of para-hydroxylation sites is 1. The van der Waals surface area contributed by atoms with Gasteiger partial charge in [-0.1, -0.05) is 18.2 Å². The van der Waals surface area contributed by atoms with Crippen molar-refractivity contribution in [2.45, 2.75) is 25.7 Å². The number of rotatable bonds is 8. The van der Waals surface area contributed by atoms with E-state index in [0.717, 1.165) is 24.2 Å². The van der Waals surface area contributed by atoms with E-state index in [-0.39, 0.29) is 18.3 Å². The molecule has 0 aliphatic heterocycles. The van der Waals surface area contributed by atoms with Crippen LogP contribution in [0.1, 0.15) is 24.8 Å². The summed E-state index contributed by atoms with van der Waals surface area (Å²) in [7, 11) is 1.64. The Morgan fingerprint density at radius 3 is 2.74 bits per heavy atom. The van der Waals surface area contributed by atoms with Crippen molar-refractivity contribution in [1.82, 2.24) is 5.32 Å². The second kappa shape index (κ2) is 10.6. The number of methoxy groups -OCH3 is 1. The molecule has 0 atom stereocenters. The Morgan fingerprint density at radius 1 is 1.32 bits per heavy atom. The summed E-state index contributed by atoms with van der Waals surface area (Å²) in [4.78, 5) is 11.6. The quantitative estimate of drug-likeness (QED) is 0.718. The number of hydrogen-bond donors (Lipinski definition) is 2. The van der Waals surface area contributed by atoms with E-state index in [1.807, 2.05) is 24.3 Å². The fraction of sp³-hybridized carbons (Fsp3) is 0.500. The molecule has 5 heteroatoms. The Morgan fingerprint density at radius 2 is 2.05 bits per heavy atom. The van der Waals surface area contributed by atoms with E-state index in [4.69, 9.17) is 10.5 Å². The fourth-order valence-corrected chi connectivity index (χ4v) is 1.74. The number of nitrogens with one attached hydrogen (secondary N) is 1. The molecule has 0 radical (unpaired) electrons. The molecule has 108 valence electrons. The highest BCUT2D eigenvalue weighted by Crippen LogP contribution is 2.18. The van der Waals surface area contributed by atoms with Crippen LogP contribution in [0.4, 0.5) is 0 Å². The monoisotopic (exact) mass is 286 g/mol. The smallest absolute Gasteiger partial charge is 0.220 e. The first kappa shape index (κ1) is 17.7. The average molecular weight is 287 g/mol. The molecule has 0 heterocycles. The topological polar surface area (TPSA) is 64.3 Å². The van der Waals surface area contributed by atoms with Gasteiger partial charge in [0.05, 0.1) is 7.11 Å². The molecule has 0 aromatic heterocycles. The largest absolute Gasteiger partial charge is 0.496 e. The molecule has 0 bridgehead atoms. The molecule has 1 rings (SSSR count). The van der Waals surface area contributed by atoms with Gasteiger partial charge in [0.25, 0.3) is 0 Å². The lowest BCUT2D eigenvalue weighted by molar-refractivity contribution is -0.121. The van der Waals surface area contributed by atoms with Crippen molar-refractivity contribution < 1.29 is 9.53 Å². The van der Waals surface area contributed by atoms with Crippen molar-refractivity contribution in [1.29, 1.82) is 0 Å². The second-order valence-electron chi connectivity index (χ2n) is 4.16. The summed E-state index contributed by atoms with van der Waals surface area (Å²) in [6.07, 6.45) is 3.08. The molecule has 0 unspecified atom stereocenters. The predicted octanol–water partition coefficient (Wildman–Crippen LogP) is 1.90. The van der Waals surface area contributed by atoms with Gasteiger partial charge in [-0.25, -0.2) is 0 Å². The summed E-state index contributed by atoms with van der Waals surface area (Å²) >= 11 is 0. The third-order valence-corrected chi connectivity index (χ3v) is 2.77. The molecule has 0 aliphatic carbocycles. The zero-order valence-corrected chi connectivity index (χ0v) is 12.2. The lowest BCUT2D eigenvalue weighted by Crippen LogP contribution is -2.25. The van der Waals surface area contributed by atoms with Crippen molar-refractivity contribution in [2.75, 3.05) is 20.2 Å². The van der Waals surface area contributed by atoms with Gasteiger partial charge < -0.3 is 15.8 Å². The van der Waals surface area contributed by atoms with Crippen molar-refractivity contribution in [3.63, 3.8) is 0 Å². The van der Waals surface area contributed by atoms with E-state index in [9.17, 15) is 4.79 Å². The number of benzene rings is 1. The minimum absolute atomic E-state index is 0. The Labute approximate surface area is 121 Å². The number of halogens is 1. The standard InChI is InChI=1S/C14H22N2O2.ClH/c1-18-13-7-3-2-6-12(13)8-9-14(17)16-11-5-4-10-15;/h2-3,6-7H,4-5,8-11,15H2,1H3,(H,16,17);1H.